The highest BCUT2D eigenvalue weighted by Crippen LogP contribution is 2.31. The van der Waals surface area contributed by atoms with Gasteiger partial charge in [0.1, 0.15) is 0 Å². The molecule has 0 spiro atoms. The van der Waals surface area contributed by atoms with Gasteiger partial charge in [-0.2, -0.15) is 0 Å². The minimum Gasteiger partial charge on any atom is -0.374 e. The van der Waals surface area contributed by atoms with Crippen LogP contribution < -0.4 is 5.73 Å². The van der Waals surface area contributed by atoms with Gasteiger partial charge in [-0.15, -0.1) is 11.3 Å². The first-order chi connectivity index (χ1) is 6.49. The fourth-order valence-electron chi connectivity index (χ4n) is 1.48. The maximum atomic E-state index is 6.19. The number of aryl methyl sites for hydroxylation is 1. The van der Waals surface area contributed by atoms with E-state index in [1.807, 2.05) is 20.8 Å². The van der Waals surface area contributed by atoms with E-state index >= 15 is 0 Å². The highest BCUT2D eigenvalue weighted by Gasteiger charge is 2.29. The first kappa shape index (κ1) is 11.7. The second kappa shape index (κ2) is 4.43. The number of ether oxygens (including phenoxy) is 1. The second-order valence-electron chi connectivity index (χ2n) is 3.98. The molecule has 14 heavy (non-hydrogen) atoms. The Morgan fingerprint density at radius 1 is 1.57 bits per heavy atom. The van der Waals surface area contributed by atoms with Crippen LogP contribution in [0, 0.1) is 6.92 Å². The monoisotopic (exact) mass is 213 g/mol. The lowest BCUT2D eigenvalue weighted by Gasteiger charge is -2.31. The van der Waals surface area contributed by atoms with Crippen molar-refractivity contribution in [2.24, 2.45) is 5.73 Å². The Hall–Kier alpha value is -0.380. The van der Waals surface area contributed by atoms with Gasteiger partial charge in [-0.05, 0) is 44.7 Å². The van der Waals surface area contributed by atoms with Gasteiger partial charge < -0.3 is 10.5 Å². The molecule has 0 aliphatic carbocycles. The summed E-state index contributed by atoms with van der Waals surface area (Å²) in [5, 5.41) is 2.08. The van der Waals surface area contributed by atoms with Crippen LogP contribution in [0.2, 0.25) is 0 Å². The number of hydrogen-bond acceptors (Lipinski definition) is 3. The lowest BCUT2D eigenvalue weighted by atomic mass is 9.96. The molecular formula is C11H19NOS. The third-order valence-corrected chi connectivity index (χ3v) is 3.55. The highest BCUT2D eigenvalue weighted by molar-refractivity contribution is 7.10. The summed E-state index contributed by atoms with van der Waals surface area (Å²) in [4.78, 5) is 1.23. The lowest BCUT2D eigenvalue weighted by molar-refractivity contribution is -0.0291. The minimum atomic E-state index is -0.287. The predicted octanol–water partition coefficient (Wildman–Crippen LogP) is 2.87. The molecule has 0 radical (unpaired) electrons. The zero-order valence-electron chi connectivity index (χ0n) is 9.33. The largest absolute Gasteiger partial charge is 0.374 e. The zero-order valence-corrected chi connectivity index (χ0v) is 10.1. The summed E-state index contributed by atoms with van der Waals surface area (Å²) in [7, 11) is 0. The van der Waals surface area contributed by atoms with Gasteiger partial charge in [0.05, 0.1) is 11.6 Å². The molecule has 0 saturated carbocycles. The van der Waals surface area contributed by atoms with Gasteiger partial charge in [-0.25, -0.2) is 0 Å². The topological polar surface area (TPSA) is 35.2 Å². The summed E-state index contributed by atoms with van der Waals surface area (Å²) in [5.41, 5.74) is 7.16. The quantitative estimate of drug-likeness (QED) is 0.834. The summed E-state index contributed by atoms with van der Waals surface area (Å²) in [6.45, 7) is 8.87. The van der Waals surface area contributed by atoms with Crippen molar-refractivity contribution in [1.82, 2.24) is 0 Å². The van der Waals surface area contributed by atoms with Gasteiger partial charge in [0.25, 0.3) is 0 Å². The van der Waals surface area contributed by atoms with E-state index in [1.165, 1.54) is 10.4 Å². The van der Waals surface area contributed by atoms with Crippen molar-refractivity contribution in [3.63, 3.8) is 0 Å². The summed E-state index contributed by atoms with van der Waals surface area (Å²) in [6, 6.07) is 2.06. The number of rotatable bonds is 4. The van der Waals surface area contributed by atoms with Crippen molar-refractivity contribution < 1.29 is 4.74 Å². The Morgan fingerprint density at radius 3 is 2.64 bits per heavy atom. The first-order valence-corrected chi connectivity index (χ1v) is 5.80. The number of nitrogens with two attached hydrogens (primary N) is 1. The zero-order chi connectivity index (χ0) is 10.8. The predicted molar refractivity (Wildman–Crippen MR) is 61.7 cm³/mol. The van der Waals surface area contributed by atoms with E-state index in [0.717, 1.165) is 0 Å². The van der Waals surface area contributed by atoms with Crippen LogP contribution in [0.1, 0.15) is 37.3 Å². The van der Waals surface area contributed by atoms with Crippen LogP contribution in [-0.4, -0.2) is 12.2 Å². The fourth-order valence-corrected chi connectivity index (χ4v) is 2.58. The molecular weight excluding hydrogens is 194 g/mol. The van der Waals surface area contributed by atoms with Crippen LogP contribution >= 0.6 is 11.3 Å². The SMILES string of the molecule is CCOC(C)(C)C(N)c1sccc1C. The van der Waals surface area contributed by atoms with E-state index < -0.39 is 0 Å². The normalized spacial score (nSPS) is 14.4. The van der Waals surface area contributed by atoms with Gasteiger partial charge in [0.2, 0.25) is 0 Å². The summed E-state index contributed by atoms with van der Waals surface area (Å²) < 4.78 is 5.65. The average molecular weight is 213 g/mol. The summed E-state index contributed by atoms with van der Waals surface area (Å²) in [6.07, 6.45) is 0. The molecule has 2 nitrogen and oxygen atoms in total. The Balaban J connectivity index is 2.84. The maximum absolute atomic E-state index is 6.19. The first-order valence-electron chi connectivity index (χ1n) is 4.92. The van der Waals surface area contributed by atoms with Gasteiger partial charge in [-0.1, -0.05) is 0 Å². The number of hydrogen-bond donors (Lipinski definition) is 1. The van der Waals surface area contributed by atoms with E-state index in [-0.39, 0.29) is 11.6 Å². The van der Waals surface area contributed by atoms with Crippen LogP contribution in [0.25, 0.3) is 0 Å². The van der Waals surface area contributed by atoms with Crippen molar-refractivity contribution in [3.05, 3.63) is 21.9 Å². The second-order valence-corrected chi connectivity index (χ2v) is 4.93. The van der Waals surface area contributed by atoms with Crippen molar-refractivity contribution >= 4 is 11.3 Å². The van der Waals surface area contributed by atoms with E-state index in [1.54, 1.807) is 11.3 Å². The fraction of sp³-hybridized carbons (Fsp3) is 0.636. The Morgan fingerprint density at radius 2 is 2.21 bits per heavy atom. The molecule has 1 aromatic heterocycles. The van der Waals surface area contributed by atoms with Crippen molar-refractivity contribution in [2.45, 2.75) is 39.3 Å². The molecule has 0 aliphatic rings. The van der Waals surface area contributed by atoms with Gasteiger partial charge in [0, 0.05) is 11.5 Å². The van der Waals surface area contributed by atoms with Crippen molar-refractivity contribution in [1.29, 1.82) is 0 Å². The molecule has 1 unspecified atom stereocenters. The van der Waals surface area contributed by atoms with E-state index in [9.17, 15) is 0 Å². The highest BCUT2D eigenvalue weighted by atomic mass is 32.1. The van der Waals surface area contributed by atoms with Crippen LogP contribution in [-0.2, 0) is 4.74 Å². The molecule has 2 N–H and O–H groups in total. The molecule has 1 rings (SSSR count). The van der Waals surface area contributed by atoms with Crippen LogP contribution in [0.15, 0.2) is 11.4 Å². The van der Waals surface area contributed by atoms with E-state index in [2.05, 4.69) is 18.4 Å². The number of thiophene rings is 1. The van der Waals surface area contributed by atoms with Crippen molar-refractivity contribution in [2.75, 3.05) is 6.61 Å². The van der Waals surface area contributed by atoms with Gasteiger partial charge in [0.15, 0.2) is 0 Å². The molecule has 0 aliphatic heterocycles. The molecule has 1 heterocycles. The molecule has 0 bridgehead atoms. The van der Waals surface area contributed by atoms with Crippen LogP contribution in [0.5, 0.6) is 0 Å². The van der Waals surface area contributed by atoms with Gasteiger partial charge in [-0.3, -0.25) is 0 Å². The smallest absolute Gasteiger partial charge is 0.0826 e. The van der Waals surface area contributed by atoms with Crippen LogP contribution in [0.3, 0.4) is 0 Å². The van der Waals surface area contributed by atoms with Crippen LogP contribution in [0.4, 0.5) is 0 Å². The standard InChI is InChI=1S/C11H19NOS/c1-5-13-11(3,4)10(12)9-8(2)6-7-14-9/h6-7,10H,5,12H2,1-4H3. The summed E-state index contributed by atoms with van der Waals surface area (Å²) in [5.74, 6) is 0. The maximum Gasteiger partial charge on any atom is 0.0826 e. The Kier molecular flexibility index (Phi) is 3.70. The third-order valence-electron chi connectivity index (χ3n) is 2.45. The van der Waals surface area contributed by atoms with Gasteiger partial charge >= 0.3 is 0 Å². The average Bonchev–Trinajstić information content (AvgIpc) is 2.50. The molecule has 0 aromatic carbocycles. The summed E-state index contributed by atoms with van der Waals surface area (Å²) >= 11 is 1.71. The molecule has 80 valence electrons. The van der Waals surface area contributed by atoms with E-state index in [0.29, 0.717) is 6.61 Å². The molecule has 0 fully saturated rings. The minimum absolute atomic E-state index is 0.0394. The Bertz CT molecular complexity index is 293. The molecule has 0 saturated heterocycles. The molecule has 1 atom stereocenters. The van der Waals surface area contributed by atoms with E-state index in [4.69, 9.17) is 10.5 Å². The van der Waals surface area contributed by atoms with Crippen molar-refractivity contribution in [3.8, 4) is 0 Å². The molecule has 1 aromatic rings. The molecule has 0 amide bonds. The third kappa shape index (κ3) is 2.35. The Labute approximate surface area is 90.1 Å². The lowest BCUT2D eigenvalue weighted by Crippen LogP contribution is -2.38. The molecule has 3 heteroatoms.